The van der Waals surface area contributed by atoms with E-state index in [2.05, 4.69) is 187 Å². The van der Waals surface area contributed by atoms with Crippen LogP contribution in [-0.2, 0) is 0 Å². The maximum Gasteiger partial charge on any atom is 0.180 e. The molecule has 0 saturated heterocycles. The van der Waals surface area contributed by atoms with Crippen LogP contribution < -0.4 is 4.74 Å². The van der Waals surface area contributed by atoms with Gasteiger partial charge in [-0.05, 0) is 106 Å². The van der Waals surface area contributed by atoms with E-state index in [4.69, 9.17) is 23.5 Å². The van der Waals surface area contributed by atoms with Crippen molar-refractivity contribution in [2.24, 2.45) is 0 Å². The minimum absolute atomic E-state index is 0.0149. The molecule has 328 valence electrons. The molecule has 4 aromatic heterocycles. The quantitative estimate of drug-likeness (QED) is 0.166. The van der Waals surface area contributed by atoms with Gasteiger partial charge in [0.15, 0.2) is 11.4 Å². The van der Waals surface area contributed by atoms with Crippen LogP contribution in [0.1, 0.15) is 17.0 Å². The van der Waals surface area contributed by atoms with Crippen LogP contribution in [0.4, 0.5) is 0 Å². The van der Waals surface area contributed by atoms with Gasteiger partial charge in [-0.3, -0.25) is 0 Å². The first kappa shape index (κ1) is 38.8. The molecule has 0 fully saturated rings. The topological polar surface area (TPSA) is 66.2 Å². The van der Waals surface area contributed by atoms with Gasteiger partial charge in [-0.15, -0.1) is 0 Å². The fraction of sp³-hybridized carbons (Fsp3) is 0.0312. The Kier molecular flexibility index (Phi) is 8.38. The Morgan fingerprint density at radius 2 is 1.14 bits per heavy atom. The molecule has 6 nitrogen and oxygen atoms in total. The third-order valence-electron chi connectivity index (χ3n) is 14.4. The van der Waals surface area contributed by atoms with Crippen LogP contribution in [-0.4, -0.2) is 20.6 Å². The van der Waals surface area contributed by atoms with E-state index in [0.717, 1.165) is 83.2 Å². The van der Waals surface area contributed by atoms with Crippen molar-refractivity contribution in [1.29, 1.82) is 0 Å². The number of fused-ring (bicyclic) bond motifs is 12. The summed E-state index contributed by atoms with van der Waals surface area (Å²) in [4.78, 5) is 10.5. The Bertz CT molecular complexity index is 4330. The molecule has 1 aliphatic carbocycles. The van der Waals surface area contributed by atoms with Gasteiger partial charge >= 0.3 is 0 Å². The van der Waals surface area contributed by atoms with Crippen molar-refractivity contribution in [3.63, 3.8) is 0 Å². The first-order chi connectivity index (χ1) is 34.7. The summed E-state index contributed by atoms with van der Waals surface area (Å²) >= 11 is 0. The van der Waals surface area contributed by atoms with Crippen LogP contribution >= 0.6 is 0 Å². The smallest absolute Gasteiger partial charge is 0.180 e. The van der Waals surface area contributed by atoms with E-state index < -0.39 is 0 Å². The lowest BCUT2D eigenvalue weighted by atomic mass is 9.83. The Labute approximate surface area is 401 Å². The molecule has 9 aromatic carbocycles. The predicted octanol–water partition coefficient (Wildman–Crippen LogP) is 16.5. The van der Waals surface area contributed by atoms with Crippen molar-refractivity contribution in [3.05, 3.63) is 236 Å². The van der Waals surface area contributed by atoms with Crippen molar-refractivity contribution >= 4 is 71.4 Å². The molecule has 0 amide bonds. The van der Waals surface area contributed by atoms with Crippen LogP contribution in [0.5, 0.6) is 5.75 Å². The maximum absolute atomic E-state index is 6.77. The zero-order chi connectivity index (χ0) is 45.9. The van der Waals surface area contributed by atoms with Crippen molar-refractivity contribution < 1.29 is 13.6 Å². The number of nitrogens with zero attached hydrogens (tertiary/aromatic N) is 3. The first-order valence-corrected chi connectivity index (χ1v) is 23.8. The highest BCUT2D eigenvalue weighted by atomic mass is 16.5. The van der Waals surface area contributed by atoms with E-state index in [1.165, 1.54) is 38.5 Å². The van der Waals surface area contributed by atoms with E-state index in [1.807, 2.05) is 42.5 Å². The molecule has 0 spiro atoms. The van der Waals surface area contributed by atoms with Crippen molar-refractivity contribution in [2.45, 2.75) is 12.0 Å². The molecular formula is C64H39N3O3. The van der Waals surface area contributed by atoms with Crippen LogP contribution in [0, 0.1) is 0 Å². The Morgan fingerprint density at radius 1 is 0.457 bits per heavy atom. The zero-order valence-electron chi connectivity index (χ0n) is 37.6. The summed E-state index contributed by atoms with van der Waals surface area (Å²) in [7, 11) is 0. The SMILES string of the molecule is C1=CC2Oc3cccc(-c4ccc5oc6cccc(-c7nc(-c8ccccc8)nc8c7oc7ccc(-c9ccccc9)cc78)c6c5c4)c3C2C=C1c1ccc2c(c1)c1ccccc1n2-c1ccccc1. The summed E-state index contributed by atoms with van der Waals surface area (Å²) in [5, 5.41) is 5.37. The number of rotatable bonds is 6. The second-order valence-electron chi connectivity index (χ2n) is 18.3. The largest absolute Gasteiger partial charge is 0.485 e. The van der Waals surface area contributed by atoms with Gasteiger partial charge in [-0.25, -0.2) is 9.97 Å². The molecular weight excluding hydrogens is 859 g/mol. The highest BCUT2D eigenvalue weighted by Gasteiger charge is 2.36. The molecule has 13 aromatic rings. The Hall–Kier alpha value is -9.26. The van der Waals surface area contributed by atoms with Crippen molar-refractivity contribution in [1.82, 2.24) is 14.5 Å². The molecule has 5 heterocycles. The van der Waals surface area contributed by atoms with Crippen LogP contribution in [0.25, 0.3) is 122 Å². The molecule has 2 atom stereocenters. The van der Waals surface area contributed by atoms with Gasteiger partial charge < -0.3 is 18.1 Å². The van der Waals surface area contributed by atoms with Gasteiger partial charge in [0.05, 0.1) is 11.0 Å². The number of hydrogen-bond donors (Lipinski definition) is 0. The molecule has 2 aliphatic rings. The zero-order valence-corrected chi connectivity index (χ0v) is 37.6. The van der Waals surface area contributed by atoms with Crippen LogP contribution in [0.2, 0.25) is 0 Å². The van der Waals surface area contributed by atoms with Gasteiger partial charge in [0, 0.05) is 55.2 Å². The number of aromatic nitrogens is 3. The number of furan rings is 2. The number of benzene rings is 9. The molecule has 2 unspecified atom stereocenters. The number of ether oxygens (including phenoxy) is 1. The van der Waals surface area contributed by atoms with E-state index in [1.54, 1.807) is 0 Å². The highest BCUT2D eigenvalue weighted by Crippen LogP contribution is 2.50. The normalized spacial score (nSPS) is 15.3. The lowest BCUT2D eigenvalue weighted by Crippen LogP contribution is -2.17. The molecule has 0 saturated carbocycles. The van der Waals surface area contributed by atoms with Gasteiger partial charge in [0.2, 0.25) is 0 Å². The molecule has 70 heavy (non-hydrogen) atoms. The highest BCUT2D eigenvalue weighted by molar-refractivity contribution is 6.17. The maximum atomic E-state index is 6.77. The van der Waals surface area contributed by atoms with Crippen molar-refractivity contribution in [2.75, 3.05) is 0 Å². The summed E-state index contributed by atoms with van der Waals surface area (Å²) in [6.07, 6.45) is 6.75. The fourth-order valence-corrected chi connectivity index (χ4v) is 11.2. The Balaban J connectivity index is 0.868. The third-order valence-corrected chi connectivity index (χ3v) is 14.4. The number of hydrogen-bond acceptors (Lipinski definition) is 5. The van der Waals surface area contributed by atoms with E-state index in [-0.39, 0.29) is 12.0 Å². The summed E-state index contributed by atoms with van der Waals surface area (Å²) in [5.41, 5.74) is 17.8. The molecule has 1 aliphatic heterocycles. The average Bonchev–Trinajstić information content (AvgIpc) is 4.19. The molecule has 0 bridgehead atoms. The second kappa shape index (κ2) is 15.1. The van der Waals surface area contributed by atoms with E-state index >= 15 is 0 Å². The Morgan fingerprint density at radius 3 is 2.00 bits per heavy atom. The number of allylic oxidation sites excluding steroid dienone is 2. The van der Waals surface area contributed by atoms with E-state index in [0.29, 0.717) is 17.1 Å². The van der Waals surface area contributed by atoms with Gasteiger partial charge in [0.25, 0.3) is 0 Å². The lowest BCUT2D eigenvalue weighted by molar-refractivity contribution is 0.269. The minimum atomic E-state index is -0.111. The average molecular weight is 898 g/mol. The summed E-state index contributed by atoms with van der Waals surface area (Å²) in [6.45, 7) is 0. The molecule has 15 rings (SSSR count). The first-order valence-electron chi connectivity index (χ1n) is 23.8. The summed E-state index contributed by atoms with van der Waals surface area (Å²) in [5.74, 6) is 1.55. The molecule has 6 heteroatoms. The lowest BCUT2D eigenvalue weighted by Gasteiger charge is -2.20. The molecule has 0 radical (unpaired) electrons. The summed E-state index contributed by atoms with van der Waals surface area (Å²) < 4.78 is 22.5. The monoisotopic (exact) mass is 897 g/mol. The van der Waals surface area contributed by atoms with Gasteiger partial charge in [-0.2, -0.15) is 0 Å². The standard InChI is InChI=1S/C64H39N3O3/c1-4-14-38(15-5-1)40-27-32-56-51(36-40)62-63(70-56)61(65-64(66-62)39-16-6-2-7-17-39)47-22-13-25-58-60(47)50-37-43(29-33-55(50)69-58)45-21-12-24-57-59(45)49-35-42(28-31-54(49)68-57)41-26-30-53-48(34-41)46-20-10-11-23-52(46)67(53)44-18-8-3-9-19-44/h1-37,49,54H. The number of para-hydroxylation sites is 2. The third kappa shape index (κ3) is 5.93. The van der Waals surface area contributed by atoms with Crippen LogP contribution in [0.3, 0.4) is 0 Å². The molecule has 0 N–H and O–H groups in total. The minimum Gasteiger partial charge on any atom is -0.485 e. The van der Waals surface area contributed by atoms with Crippen LogP contribution in [0.15, 0.2) is 233 Å². The predicted molar refractivity (Wildman–Crippen MR) is 283 cm³/mol. The van der Waals surface area contributed by atoms with Crippen molar-refractivity contribution in [3.8, 4) is 56.3 Å². The van der Waals surface area contributed by atoms with Gasteiger partial charge in [-0.1, -0.05) is 152 Å². The van der Waals surface area contributed by atoms with Gasteiger partial charge in [0.1, 0.15) is 39.8 Å². The second-order valence-corrected chi connectivity index (χ2v) is 18.3. The van der Waals surface area contributed by atoms with E-state index in [9.17, 15) is 0 Å². The summed E-state index contributed by atoms with van der Waals surface area (Å²) in [6, 6.07) is 72.3. The fourth-order valence-electron chi connectivity index (χ4n) is 11.2.